The second-order valence-electron chi connectivity index (χ2n) is 7.22. The van der Waals surface area contributed by atoms with Crippen molar-refractivity contribution in [3.05, 3.63) is 88.8 Å². The van der Waals surface area contributed by atoms with Crippen LogP contribution in [-0.4, -0.2) is 26.8 Å². The van der Waals surface area contributed by atoms with E-state index in [2.05, 4.69) is 22.7 Å². The van der Waals surface area contributed by atoms with Crippen LogP contribution in [0.15, 0.2) is 66.5 Å². The van der Waals surface area contributed by atoms with Gasteiger partial charge in [-0.25, -0.2) is 9.48 Å². The van der Waals surface area contributed by atoms with Crippen LogP contribution in [0, 0.1) is 6.92 Å². The topological polar surface area (TPSA) is 96.3 Å². The molecule has 0 saturated carbocycles. The van der Waals surface area contributed by atoms with Crippen molar-refractivity contribution >= 4 is 23.4 Å². The molecule has 2 heterocycles. The summed E-state index contributed by atoms with van der Waals surface area (Å²) < 4.78 is 1.63. The molecule has 0 unspecified atom stereocenters. The zero-order chi connectivity index (χ0) is 21.3. The summed E-state index contributed by atoms with van der Waals surface area (Å²) in [6.45, 7) is 4.05. The Morgan fingerprint density at radius 1 is 1.13 bits per heavy atom. The fraction of sp³-hybridized carbons (Fsp3) is 0.174. The molecule has 0 bridgehead atoms. The molecule has 3 N–H and O–H groups in total. The van der Waals surface area contributed by atoms with Crippen molar-refractivity contribution in [2.45, 2.75) is 26.3 Å². The number of carboxylic acid groups (broad SMARTS) is 1. The maximum absolute atomic E-state index is 12.9. The Bertz CT molecular complexity index is 1130. The quantitative estimate of drug-likeness (QED) is 0.600. The third-order valence-electron chi connectivity index (χ3n) is 5.15. The van der Waals surface area contributed by atoms with Crippen molar-refractivity contribution in [2.75, 3.05) is 10.6 Å². The summed E-state index contributed by atoms with van der Waals surface area (Å²) in [7, 11) is 0. The molecule has 1 aromatic heterocycles. The molecule has 3 aromatic rings. The lowest BCUT2D eigenvalue weighted by molar-refractivity contribution is -0.132. The van der Waals surface area contributed by atoms with Gasteiger partial charge in [-0.05, 0) is 42.7 Å². The smallest absolute Gasteiger partial charge is 0.352 e. The Morgan fingerprint density at radius 3 is 2.47 bits per heavy atom. The van der Waals surface area contributed by atoms with E-state index in [1.54, 1.807) is 10.8 Å². The molecule has 2 aromatic carbocycles. The fourth-order valence-electron chi connectivity index (χ4n) is 3.41. The predicted octanol–water partition coefficient (Wildman–Crippen LogP) is 3.99. The van der Waals surface area contributed by atoms with Crippen LogP contribution in [-0.2, 0) is 11.2 Å². The number of carboxylic acids is 1. The molecule has 152 valence electrons. The van der Waals surface area contributed by atoms with E-state index < -0.39 is 12.0 Å². The molecule has 0 fully saturated rings. The van der Waals surface area contributed by atoms with Crippen molar-refractivity contribution in [3.63, 3.8) is 0 Å². The SMILES string of the molecule is CCc1ccc(NC(=O)c2cnn3c2NC(C(=O)O)=C[C@@H]3c2ccc(C)cc2)cc1. The van der Waals surface area contributed by atoms with Crippen molar-refractivity contribution in [1.29, 1.82) is 0 Å². The Kier molecular flexibility index (Phi) is 5.10. The van der Waals surface area contributed by atoms with E-state index in [0.717, 1.165) is 17.5 Å². The summed E-state index contributed by atoms with van der Waals surface area (Å²) in [5.41, 5.74) is 4.11. The standard InChI is InChI=1S/C23H22N4O3/c1-3-15-6-10-17(11-7-15)25-22(28)18-13-24-27-20(16-8-4-14(2)5-9-16)12-19(23(29)30)26-21(18)27/h4-13,20,26H,3H2,1-2H3,(H,25,28)(H,29,30)/t20-/m1/s1. The van der Waals surface area contributed by atoms with Crippen LogP contribution in [0.3, 0.4) is 0 Å². The summed E-state index contributed by atoms with van der Waals surface area (Å²) in [6, 6.07) is 15.0. The summed E-state index contributed by atoms with van der Waals surface area (Å²) in [4.78, 5) is 24.6. The number of allylic oxidation sites excluding steroid dienone is 1. The Hall–Kier alpha value is -3.87. The number of anilines is 2. The van der Waals surface area contributed by atoms with E-state index in [0.29, 0.717) is 11.5 Å². The molecule has 1 atom stereocenters. The minimum atomic E-state index is -1.10. The van der Waals surface area contributed by atoms with Gasteiger partial charge in [-0.2, -0.15) is 5.10 Å². The first-order valence-corrected chi connectivity index (χ1v) is 9.72. The van der Waals surface area contributed by atoms with Gasteiger partial charge in [0.05, 0.1) is 12.2 Å². The van der Waals surface area contributed by atoms with E-state index in [-0.39, 0.29) is 17.2 Å². The lowest BCUT2D eigenvalue weighted by Gasteiger charge is -2.24. The number of aliphatic carboxylic acids is 1. The number of hydrogen-bond acceptors (Lipinski definition) is 4. The van der Waals surface area contributed by atoms with Crippen molar-refractivity contribution in [3.8, 4) is 0 Å². The molecule has 1 aliphatic heterocycles. The molecule has 7 heteroatoms. The third-order valence-corrected chi connectivity index (χ3v) is 5.15. The number of benzene rings is 2. The van der Waals surface area contributed by atoms with Gasteiger partial charge in [-0.1, -0.05) is 48.9 Å². The van der Waals surface area contributed by atoms with Gasteiger partial charge < -0.3 is 15.7 Å². The molecule has 4 rings (SSSR count). The van der Waals surface area contributed by atoms with Gasteiger partial charge in [-0.15, -0.1) is 0 Å². The maximum atomic E-state index is 12.9. The summed E-state index contributed by atoms with van der Waals surface area (Å²) >= 11 is 0. The number of hydrogen-bond donors (Lipinski definition) is 3. The number of nitrogens with one attached hydrogen (secondary N) is 2. The molecule has 30 heavy (non-hydrogen) atoms. The van der Waals surface area contributed by atoms with Crippen LogP contribution in [0.25, 0.3) is 0 Å². The number of aromatic nitrogens is 2. The van der Waals surface area contributed by atoms with E-state index in [1.165, 1.54) is 11.8 Å². The fourth-order valence-corrected chi connectivity index (χ4v) is 3.41. The number of nitrogens with zero attached hydrogens (tertiary/aromatic N) is 2. The average Bonchev–Trinajstić information content (AvgIpc) is 3.18. The summed E-state index contributed by atoms with van der Waals surface area (Å²) in [6.07, 6.45) is 3.97. The second kappa shape index (κ2) is 7.87. The number of carbonyl (C=O) groups excluding carboxylic acids is 1. The second-order valence-corrected chi connectivity index (χ2v) is 7.22. The van der Waals surface area contributed by atoms with Crippen molar-refractivity contribution in [1.82, 2.24) is 9.78 Å². The highest BCUT2D eigenvalue weighted by molar-refractivity contribution is 6.08. The van der Waals surface area contributed by atoms with Crippen LogP contribution >= 0.6 is 0 Å². The molecule has 0 spiro atoms. The Balaban J connectivity index is 1.68. The van der Waals surface area contributed by atoms with Gasteiger partial charge in [0.15, 0.2) is 0 Å². The zero-order valence-corrected chi connectivity index (χ0v) is 16.7. The molecule has 0 aliphatic carbocycles. The van der Waals surface area contributed by atoms with Gasteiger partial charge in [-0.3, -0.25) is 4.79 Å². The van der Waals surface area contributed by atoms with Crippen LogP contribution in [0.5, 0.6) is 0 Å². The van der Waals surface area contributed by atoms with E-state index in [9.17, 15) is 14.7 Å². The van der Waals surface area contributed by atoms with Gasteiger partial charge in [0, 0.05) is 5.69 Å². The van der Waals surface area contributed by atoms with E-state index in [1.807, 2.05) is 55.5 Å². The minimum Gasteiger partial charge on any atom is -0.477 e. The summed E-state index contributed by atoms with van der Waals surface area (Å²) in [5, 5.41) is 19.6. The molecule has 0 saturated heterocycles. The first kappa shape index (κ1) is 19.4. The largest absolute Gasteiger partial charge is 0.477 e. The van der Waals surface area contributed by atoms with Crippen molar-refractivity contribution in [2.24, 2.45) is 0 Å². The van der Waals surface area contributed by atoms with Gasteiger partial charge in [0.25, 0.3) is 5.91 Å². The normalized spacial score (nSPS) is 15.0. The van der Waals surface area contributed by atoms with Crippen LogP contribution in [0.2, 0.25) is 0 Å². The van der Waals surface area contributed by atoms with Crippen LogP contribution in [0.4, 0.5) is 11.5 Å². The first-order valence-electron chi connectivity index (χ1n) is 9.72. The molecule has 7 nitrogen and oxygen atoms in total. The Morgan fingerprint density at radius 2 is 1.83 bits per heavy atom. The molecule has 1 aliphatic rings. The highest BCUT2D eigenvalue weighted by Crippen LogP contribution is 2.32. The number of carbonyl (C=O) groups is 2. The van der Waals surface area contributed by atoms with Gasteiger partial charge in [0.1, 0.15) is 17.1 Å². The maximum Gasteiger partial charge on any atom is 0.352 e. The molecule has 0 radical (unpaired) electrons. The molecule has 1 amide bonds. The van der Waals surface area contributed by atoms with Crippen LogP contribution < -0.4 is 10.6 Å². The van der Waals surface area contributed by atoms with E-state index in [4.69, 9.17) is 0 Å². The number of aryl methyl sites for hydroxylation is 2. The highest BCUT2D eigenvalue weighted by atomic mass is 16.4. The predicted molar refractivity (Wildman–Crippen MR) is 115 cm³/mol. The monoisotopic (exact) mass is 402 g/mol. The summed E-state index contributed by atoms with van der Waals surface area (Å²) in [5.74, 6) is -1.11. The number of rotatable bonds is 5. The number of amides is 1. The average molecular weight is 402 g/mol. The van der Waals surface area contributed by atoms with E-state index >= 15 is 0 Å². The van der Waals surface area contributed by atoms with Gasteiger partial charge >= 0.3 is 5.97 Å². The van der Waals surface area contributed by atoms with Gasteiger partial charge in [0.2, 0.25) is 0 Å². The molecular weight excluding hydrogens is 380 g/mol. The highest BCUT2D eigenvalue weighted by Gasteiger charge is 2.29. The zero-order valence-electron chi connectivity index (χ0n) is 16.7. The first-order chi connectivity index (χ1) is 14.5. The van der Waals surface area contributed by atoms with Crippen molar-refractivity contribution < 1.29 is 14.7 Å². The number of fused-ring (bicyclic) bond motifs is 1. The Labute approximate surface area is 174 Å². The molecular formula is C23H22N4O3. The third kappa shape index (κ3) is 3.69. The lowest BCUT2D eigenvalue weighted by atomic mass is 10.0. The van der Waals surface area contributed by atoms with Crippen LogP contribution in [0.1, 0.15) is 40.0 Å². The minimum absolute atomic E-state index is 0.00919. The lowest BCUT2D eigenvalue weighted by Crippen LogP contribution is -2.25.